The molecular weight excluding hydrogens is 593 g/mol. The van der Waals surface area contributed by atoms with Gasteiger partial charge >= 0.3 is 0 Å². The Morgan fingerprint density at radius 2 is 0.878 bits per heavy atom. The van der Waals surface area contributed by atoms with Gasteiger partial charge in [-0.15, -0.1) is 0 Å². The molecule has 0 unspecified atom stereocenters. The second-order valence-electron chi connectivity index (χ2n) is 13.7. The van der Waals surface area contributed by atoms with E-state index < -0.39 is 0 Å². The lowest BCUT2D eigenvalue weighted by Crippen LogP contribution is -2.24. The van der Waals surface area contributed by atoms with Gasteiger partial charge in [-0.2, -0.15) is 0 Å². The number of para-hydroxylation sites is 4. The predicted octanol–water partition coefficient (Wildman–Crippen LogP) is 12.1. The standard InChI is InChI=1S/C47H34N2/c1-3-31-20-22-32(23-21-31)30-47(2)41-28-33(48-43-16-8-4-12-37(43)38-13-5-9-17-44(38)48)24-26-35(41)36-27-25-34(29-42(36)47)49-45-18-10-6-14-39(45)40-15-7-11-19-46(40)49/h3-29H,1,30H2,2H3. The SMILES string of the molecule is C=Cc1ccc(CC2(C)c3cc(-n4c5ccccc5c5ccccc54)ccc3-c3ccc(-n4c5ccccc5c5ccccc54)cc32)cc1. The third-order valence-corrected chi connectivity index (χ3v) is 10.9. The number of aromatic nitrogens is 2. The summed E-state index contributed by atoms with van der Waals surface area (Å²) in [5.41, 5.74) is 14.9. The quantitative estimate of drug-likeness (QED) is 0.180. The van der Waals surface area contributed by atoms with Crippen LogP contribution >= 0.6 is 0 Å². The van der Waals surface area contributed by atoms with Crippen molar-refractivity contribution in [1.29, 1.82) is 0 Å². The van der Waals surface area contributed by atoms with Gasteiger partial charge in [0.15, 0.2) is 0 Å². The average Bonchev–Trinajstić information content (AvgIpc) is 3.75. The Balaban J connectivity index is 1.21. The van der Waals surface area contributed by atoms with E-state index >= 15 is 0 Å². The van der Waals surface area contributed by atoms with Crippen LogP contribution < -0.4 is 0 Å². The van der Waals surface area contributed by atoms with Crippen LogP contribution in [-0.2, 0) is 11.8 Å². The molecule has 1 aliphatic rings. The molecule has 232 valence electrons. The summed E-state index contributed by atoms with van der Waals surface area (Å²) in [5, 5.41) is 5.12. The Bertz CT molecular complexity index is 2500. The smallest absolute Gasteiger partial charge is 0.0541 e. The zero-order chi connectivity index (χ0) is 32.7. The van der Waals surface area contributed by atoms with Crippen LogP contribution in [0.5, 0.6) is 0 Å². The zero-order valence-corrected chi connectivity index (χ0v) is 27.4. The van der Waals surface area contributed by atoms with Crippen LogP contribution in [0.1, 0.15) is 29.2 Å². The molecule has 0 atom stereocenters. The summed E-state index contributed by atoms with van der Waals surface area (Å²) in [5.74, 6) is 0. The Morgan fingerprint density at radius 1 is 0.490 bits per heavy atom. The van der Waals surface area contributed by atoms with E-state index in [0.717, 1.165) is 12.0 Å². The van der Waals surface area contributed by atoms with E-state index in [9.17, 15) is 0 Å². The van der Waals surface area contributed by atoms with Crippen molar-refractivity contribution in [1.82, 2.24) is 9.13 Å². The second kappa shape index (κ2) is 10.4. The molecular formula is C47H34N2. The summed E-state index contributed by atoms with van der Waals surface area (Å²) in [6.45, 7) is 6.44. The molecule has 0 saturated heterocycles. The lowest BCUT2D eigenvalue weighted by molar-refractivity contribution is 0.582. The van der Waals surface area contributed by atoms with Gasteiger partial charge in [-0.25, -0.2) is 0 Å². The number of hydrogen-bond acceptors (Lipinski definition) is 0. The first-order chi connectivity index (χ1) is 24.1. The van der Waals surface area contributed by atoms with Crippen molar-refractivity contribution < 1.29 is 0 Å². The minimum atomic E-state index is -0.260. The highest BCUT2D eigenvalue weighted by Crippen LogP contribution is 2.52. The zero-order valence-electron chi connectivity index (χ0n) is 27.4. The van der Waals surface area contributed by atoms with E-state index in [-0.39, 0.29) is 5.41 Å². The molecule has 0 amide bonds. The van der Waals surface area contributed by atoms with Crippen molar-refractivity contribution in [3.8, 4) is 22.5 Å². The average molecular weight is 627 g/mol. The Hall–Kier alpha value is -6.12. The summed E-state index contributed by atoms with van der Waals surface area (Å²) in [6.07, 6.45) is 2.80. The summed E-state index contributed by atoms with van der Waals surface area (Å²) in [6, 6.07) is 58.3. The molecule has 0 aliphatic heterocycles. The Morgan fingerprint density at radius 3 is 1.27 bits per heavy atom. The molecule has 0 fully saturated rings. The molecule has 2 aromatic heterocycles. The van der Waals surface area contributed by atoms with Gasteiger partial charge in [0.2, 0.25) is 0 Å². The van der Waals surface area contributed by atoms with E-state index in [2.05, 4.69) is 180 Å². The second-order valence-corrected chi connectivity index (χ2v) is 13.7. The predicted molar refractivity (Wildman–Crippen MR) is 207 cm³/mol. The maximum atomic E-state index is 3.99. The number of nitrogens with zero attached hydrogens (tertiary/aromatic N) is 2. The normalized spacial score (nSPS) is 13.3. The summed E-state index contributed by atoms with van der Waals surface area (Å²) < 4.78 is 4.88. The Kier molecular flexibility index (Phi) is 5.95. The van der Waals surface area contributed by atoms with E-state index in [1.165, 1.54) is 82.8 Å². The fourth-order valence-corrected chi connectivity index (χ4v) is 8.64. The molecule has 0 saturated carbocycles. The molecule has 9 aromatic rings. The lowest BCUT2D eigenvalue weighted by atomic mass is 9.75. The minimum Gasteiger partial charge on any atom is -0.309 e. The van der Waals surface area contributed by atoms with Crippen LogP contribution in [0, 0.1) is 0 Å². The van der Waals surface area contributed by atoms with Crippen molar-refractivity contribution >= 4 is 49.7 Å². The maximum absolute atomic E-state index is 3.99. The van der Waals surface area contributed by atoms with Gasteiger partial charge in [-0.05, 0) is 88.3 Å². The highest BCUT2D eigenvalue weighted by molar-refractivity contribution is 6.10. The van der Waals surface area contributed by atoms with E-state index in [4.69, 9.17) is 0 Å². The monoisotopic (exact) mass is 626 g/mol. The van der Waals surface area contributed by atoms with Crippen molar-refractivity contribution in [2.45, 2.75) is 18.8 Å². The van der Waals surface area contributed by atoms with Gasteiger partial charge in [0.25, 0.3) is 0 Å². The molecule has 0 radical (unpaired) electrons. The van der Waals surface area contributed by atoms with Crippen LogP contribution in [0.3, 0.4) is 0 Å². The molecule has 7 aromatic carbocycles. The van der Waals surface area contributed by atoms with E-state index in [0.29, 0.717) is 0 Å². The fraction of sp³-hybridized carbons (Fsp3) is 0.0638. The summed E-state index contributed by atoms with van der Waals surface area (Å²) >= 11 is 0. The highest BCUT2D eigenvalue weighted by atomic mass is 15.0. The van der Waals surface area contributed by atoms with Gasteiger partial charge in [0, 0.05) is 38.3 Å². The largest absolute Gasteiger partial charge is 0.309 e. The molecule has 49 heavy (non-hydrogen) atoms. The van der Waals surface area contributed by atoms with Gasteiger partial charge in [-0.1, -0.05) is 129 Å². The number of rotatable bonds is 5. The van der Waals surface area contributed by atoms with Crippen LogP contribution in [-0.4, -0.2) is 9.13 Å². The molecule has 10 rings (SSSR count). The minimum absolute atomic E-state index is 0.260. The third kappa shape index (κ3) is 4.01. The van der Waals surface area contributed by atoms with Crippen molar-refractivity contribution in [3.63, 3.8) is 0 Å². The Labute approximate surface area is 285 Å². The van der Waals surface area contributed by atoms with Gasteiger partial charge in [0.1, 0.15) is 0 Å². The molecule has 2 nitrogen and oxygen atoms in total. The van der Waals surface area contributed by atoms with Gasteiger partial charge < -0.3 is 9.13 Å². The van der Waals surface area contributed by atoms with E-state index in [1.807, 2.05) is 6.08 Å². The first-order valence-electron chi connectivity index (χ1n) is 17.1. The van der Waals surface area contributed by atoms with Gasteiger partial charge in [0.05, 0.1) is 22.1 Å². The van der Waals surface area contributed by atoms with E-state index in [1.54, 1.807) is 0 Å². The molecule has 1 aliphatic carbocycles. The fourth-order valence-electron chi connectivity index (χ4n) is 8.64. The van der Waals surface area contributed by atoms with Crippen molar-refractivity contribution in [2.24, 2.45) is 0 Å². The molecule has 0 bridgehead atoms. The molecule has 0 spiro atoms. The van der Waals surface area contributed by atoms with Gasteiger partial charge in [-0.3, -0.25) is 0 Å². The molecule has 2 heterocycles. The lowest BCUT2D eigenvalue weighted by Gasteiger charge is -2.29. The first kappa shape index (κ1) is 27.9. The van der Waals surface area contributed by atoms with Crippen LogP contribution in [0.25, 0.3) is 72.2 Å². The van der Waals surface area contributed by atoms with Crippen molar-refractivity contribution in [2.75, 3.05) is 0 Å². The van der Waals surface area contributed by atoms with Crippen LogP contribution in [0.15, 0.2) is 164 Å². The maximum Gasteiger partial charge on any atom is 0.0541 e. The molecule has 2 heteroatoms. The van der Waals surface area contributed by atoms with Crippen LogP contribution in [0.2, 0.25) is 0 Å². The van der Waals surface area contributed by atoms with Crippen LogP contribution in [0.4, 0.5) is 0 Å². The number of benzene rings is 7. The number of hydrogen-bond donors (Lipinski definition) is 0. The van der Waals surface area contributed by atoms with Crippen molar-refractivity contribution in [3.05, 3.63) is 187 Å². The summed E-state index contributed by atoms with van der Waals surface area (Å²) in [7, 11) is 0. The highest BCUT2D eigenvalue weighted by Gasteiger charge is 2.40. The molecule has 0 N–H and O–H groups in total. The third-order valence-electron chi connectivity index (χ3n) is 10.9. The summed E-state index contributed by atoms with van der Waals surface area (Å²) in [4.78, 5) is 0. The topological polar surface area (TPSA) is 9.86 Å². The first-order valence-corrected chi connectivity index (χ1v) is 17.1. The number of fused-ring (bicyclic) bond motifs is 9.